The minimum atomic E-state index is 0.0444. The Kier molecular flexibility index (Phi) is 4.09. The fraction of sp³-hybridized carbons (Fsp3) is 0.200. The molecule has 1 aliphatic heterocycles. The van der Waals surface area contributed by atoms with E-state index in [1.54, 1.807) is 29.6 Å². The number of nitriles is 2. The summed E-state index contributed by atoms with van der Waals surface area (Å²) in [7, 11) is 0. The van der Waals surface area contributed by atoms with Crippen LogP contribution in [-0.2, 0) is 0 Å². The number of hydrogen-bond acceptors (Lipinski definition) is 5. The number of nitrogens with zero attached hydrogens (tertiary/aromatic N) is 6. The van der Waals surface area contributed by atoms with Crippen molar-refractivity contribution in [2.45, 2.75) is 19.0 Å². The van der Waals surface area contributed by atoms with Gasteiger partial charge in [-0.25, -0.2) is 4.98 Å². The van der Waals surface area contributed by atoms with Crippen LogP contribution in [0.3, 0.4) is 0 Å². The summed E-state index contributed by atoms with van der Waals surface area (Å²) in [6.07, 6.45) is 9.73. The zero-order chi connectivity index (χ0) is 17.9. The highest BCUT2D eigenvalue weighted by atomic mass is 15.3. The molecule has 26 heavy (non-hydrogen) atoms. The highest BCUT2D eigenvalue weighted by Crippen LogP contribution is 2.28. The van der Waals surface area contributed by atoms with E-state index in [1.807, 2.05) is 35.0 Å². The van der Waals surface area contributed by atoms with E-state index >= 15 is 0 Å². The van der Waals surface area contributed by atoms with E-state index in [0.717, 1.165) is 41.9 Å². The quantitative estimate of drug-likeness (QED) is 0.681. The van der Waals surface area contributed by atoms with Crippen molar-refractivity contribution in [3.63, 3.8) is 0 Å². The minimum Gasteiger partial charge on any atom is -0.315 e. The first-order chi connectivity index (χ1) is 12.8. The van der Waals surface area contributed by atoms with E-state index in [0.29, 0.717) is 5.56 Å². The zero-order valence-electron chi connectivity index (χ0n) is 14.1. The van der Waals surface area contributed by atoms with Crippen LogP contribution in [0.5, 0.6) is 0 Å². The lowest BCUT2D eigenvalue weighted by Gasteiger charge is -2.19. The van der Waals surface area contributed by atoms with Crippen LogP contribution < -0.4 is 0 Å². The summed E-state index contributed by atoms with van der Waals surface area (Å²) in [6, 6.07) is 13.5. The van der Waals surface area contributed by atoms with Gasteiger partial charge in [-0.05, 0) is 48.2 Å². The predicted octanol–water partition coefficient (Wildman–Crippen LogP) is 3.56. The van der Waals surface area contributed by atoms with Crippen LogP contribution in [0.2, 0.25) is 0 Å². The molecule has 6 heteroatoms. The van der Waals surface area contributed by atoms with Crippen molar-refractivity contribution >= 4 is 0 Å². The summed E-state index contributed by atoms with van der Waals surface area (Å²) >= 11 is 0. The lowest BCUT2D eigenvalue weighted by atomic mass is 10.0. The second-order valence-corrected chi connectivity index (χ2v) is 6.24. The molecular weight excluding hydrogens is 324 g/mol. The SMILES string of the molecule is N#Cc1ccc(-c2ccnc(-c3cn([C@@H]4CCCN4C#N)cn3)c2)cc1. The van der Waals surface area contributed by atoms with Gasteiger partial charge in [0.1, 0.15) is 11.9 Å². The average molecular weight is 340 g/mol. The van der Waals surface area contributed by atoms with E-state index in [-0.39, 0.29) is 6.17 Å². The number of benzene rings is 1. The van der Waals surface area contributed by atoms with Crippen LogP contribution in [0, 0.1) is 22.8 Å². The molecule has 1 fully saturated rings. The molecule has 0 amide bonds. The number of pyridine rings is 1. The van der Waals surface area contributed by atoms with E-state index < -0.39 is 0 Å². The van der Waals surface area contributed by atoms with E-state index in [2.05, 4.69) is 22.2 Å². The molecule has 0 unspecified atom stereocenters. The normalized spacial score (nSPS) is 16.2. The first kappa shape index (κ1) is 15.9. The Hall–Kier alpha value is -3.64. The van der Waals surface area contributed by atoms with Gasteiger partial charge in [-0.1, -0.05) is 12.1 Å². The Balaban J connectivity index is 1.63. The molecule has 0 radical (unpaired) electrons. The Morgan fingerprint density at radius 2 is 1.85 bits per heavy atom. The molecule has 4 rings (SSSR count). The fourth-order valence-electron chi connectivity index (χ4n) is 3.30. The Morgan fingerprint density at radius 1 is 1.00 bits per heavy atom. The summed E-state index contributed by atoms with van der Waals surface area (Å²) in [6.45, 7) is 0.793. The van der Waals surface area contributed by atoms with Gasteiger partial charge >= 0.3 is 0 Å². The van der Waals surface area contributed by atoms with Crippen molar-refractivity contribution in [2.75, 3.05) is 6.54 Å². The summed E-state index contributed by atoms with van der Waals surface area (Å²) in [4.78, 5) is 10.7. The van der Waals surface area contributed by atoms with E-state index in [9.17, 15) is 5.26 Å². The molecule has 3 heterocycles. The van der Waals surface area contributed by atoms with E-state index in [1.165, 1.54) is 0 Å². The predicted molar refractivity (Wildman–Crippen MR) is 96.2 cm³/mol. The summed E-state index contributed by atoms with van der Waals surface area (Å²) in [5.41, 5.74) is 4.25. The molecule has 0 N–H and O–H groups in total. The van der Waals surface area contributed by atoms with Crippen molar-refractivity contribution in [3.8, 4) is 34.8 Å². The van der Waals surface area contributed by atoms with Crippen molar-refractivity contribution in [3.05, 3.63) is 60.7 Å². The van der Waals surface area contributed by atoms with Gasteiger partial charge < -0.3 is 4.57 Å². The molecular formula is C20H16N6. The highest BCUT2D eigenvalue weighted by molar-refractivity contribution is 5.69. The second-order valence-electron chi connectivity index (χ2n) is 6.24. The fourth-order valence-corrected chi connectivity index (χ4v) is 3.30. The third kappa shape index (κ3) is 2.89. The number of likely N-dealkylation sites (tertiary alicyclic amines) is 1. The Bertz CT molecular complexity index is 1010. The number of hydrogen-bond donors (Lipinski definition) is 0. The van der Waals surface area contributed by atoms with Crippen molar-refractivity contribution in [2.24, 2.45) is 0 Å². The maximum Gasteiger partial charge on any atom is 0.181 e. The van der Waals surface area contributed by atoms with Gasteiger partial charge in [0.25, 0.3) is 0 Å². The monoisotopic (exact) mass is 340 g/mol. The van der Waals surface area contributed by atoms with Crippen LogP contribution >= 0.6 is 0 Å². The molecule has 3 aromatic rings. The maximum atomic E-state index is 9.23. The molecule has 6 nitrogen and oxygen atoms in total. The highest BCUT2D eigenvalue weighted by Gasteiger charge is 2.25. The maximum absolute atomic E-state index is 9.23. The van der Waals surface area contributed by atoms with Gasteiger partial charge in [0.15, 0.2) is 6.19 Å². The average Bonchev–Trinajstić information content (AvgIpc) is 3.37. The Morgan fingerprint density at radius 3 is 2.62 bits per heavy atom. The molecule has 0 spiro atoms. The van der Waals surface area contributed by atoms with Crippen LogP contribution in [0.25, 0.3) is 22.5 Å². The zero-order valence-corrected chi connectivity index (χ0v) is 14.1. The molecule has 1 aliphatic rings. The first-order valence-electron chi connectivity index (χ1n) is 8.45. The first-order valence-corrected chi connectivity index (χ1v) is 8.45. The number of imidazole rings is 1. The molecule has 0 saturated carbocycles. The van der Waals surface area contributed by atoms with Gasteiger partial charge in [-0.15, -0.1) is 0 Å². The van der Waals surface area contributed by atoms with Gasteiger partial charge in [0.05, 0.1) is 23.7 Å². The number of aromatic nitrogens is 3. The van der Waals surface area contributed by atoms with Crippen molar-refractivity contribution in [1.82, 2.24) is 19.4 Å². The molecule has 126 valence electrons. The molecule has 1 aromatic carbocycles. The lowest BCUT2D eigenvalue weighted by Crippen LogP contribution is -2.21. The third-order valence-electron chi connectivity index (χ3n) is 4.66. The smallest absolute Gasteiger partial charge is 0.181 e. The molecule has 0 bridgehead atoms. The van der Waals surface area contributed by atoms with Crippen LogP contribution in [0.15, 0.2) is 55.1 Å². The molecule has 1 saturated heterocycles. The summed E-state index contributed by atoms with van der Waals surface area (Å²) in [5.74, 6) is 0. The van der Waals surface area contributed by atoms with Gasteiger partial charge in [-0.2, -0.15) is 10.5 Å². The third-order valence-corrected chi connectivity index (χ3v) is 4.66. The second kappa shape index (κ2) is 6.70. The van der Waals surface area contributed by atoms with Gasteiger partial charge in [0, 0.05) is 18.9 Å². The van der Waals surface area contributed by atoms with E-state index in [4.69, 9.17) is 5.26 Å². The standard InChI is InChI=1S/C20H16N6/c21-11-15-3-5-16(6-4-15)17-7-8-23-18(10-17)19-12-26(14-24-19)20-2-1-9-25(20)13-22/h3-8,10,12,14,20H,1-2,9H2/t20-/m1/s1. The van der Waals surface area contributed by atoms with Crippen LogP contribution in [0.4, 0.5) is 0 Å². The Labute approximate surface area is 151 Å². The summed E-state index contributed by atoms with van der Waals surface area (Å²) < 4.78 is 1.99. The van der Waals surface area contributed by atoms with Crippen LogP contribution in [0.1, 0.15) is 24.6 Å². The molecule has 1 atom stereocenters. The molecule has 2 aromatic heterocycles. The lowest BCUT2D eigenvalue weighted by molar-refractivity contribution is 0.281. The summed E-state index contributed by atoms with van der Waals surface area (Å²) in [5, 5.41) is 18.2. The van der Waals surface area contributed by atoms with Gasteiger partial charge in [-0.3, -0.25) is 9.88 Å². The van der Waals surface area contributed by atoms with Crippen molar-refractivity contribution in [1.29, 1.82) is 10.5 Å². The number of rotatable bonds is 3. The van der Waals surface area contributed by atoms with Crippen molar-refractivity contribution < 1.29 is 0 Å². The minimum absolute atomic E-state index is 0.0444. The largest absolute Gasteiger partial charge is 0.315 e. The molecule has 0 aliphatic carbocycles. The topological polar surface area (TPSA) is 81.5 Å². The van der Waals surface area contributed by atoms with Gasteiger partial charge in [0.2, 0.25) is 0 Å². The van der Waals surface area contributed by atoms with Crippen LogP contribution in [-0.4, -0.2) is 26.0 Å².